The highest BCUT2D eigenvalue weighted by Crippen LogP contribution is 2.37. The number of ether oxygens (including phenoxy) is 3. The zero-order valence-electron chi connectivity index (χ0n) is 16.1. The van der Waals surface area contributed by atoms with Gasteiger partial charge in [-0.2, -0.15) is 5.26 Å². The summed E-state index contributed by atoms with van der Waals surface area (Å²) in [6, 6.07) is 13.2. The van der Waals surface area contributed by atoms with Crippen LogP contribution < -0.4 is 20.1 Å². The molecule has 11 heteroatoms. The van der Waals surface area contributed by atoms with Crippen molar-refractivity contribution < 1.29 is 27.8 Å². The fourth-order valence-electron chi connectivity index (χ4n) is 2.85. The van der Waals surface area contributed by atoms with Crippen LogP contribution in [0.2, 0.25) is 5.02 Å². The molecule has 0 saturated heterocycles. The lowest BCUT2D eigenvalue weighted by atomic mass is 10.1. The van der Waals surface area contributed by atoms with Crippen LogP contribution in [0, 0.1) is 11.3 Å². The van der Waals surface area contributed by atoms with Crippen molar-refractivity contribution in [2.75, 3.05) is 10.6 Å². The third-order valence-electron chi connectivity index (χ3n) is 4.26. The number of hydrogen-bond acceptors (Lipinski definition) is 6. The van der Waals surface area contributed by atoms with E-state index in [2.05, 4.69) is 25.1 Å². The molecule has 0 atom stereocenters. The molecule has 1 aromatic heterocycles. The summed E-state index contributed by atoms with van der Waals surface area (Å²) >= 11 is 6.24. The van der Waals surface area contributed by atoms with Gasteiger partial charge in [0.15, 0.2) is 0 Å². The SMILES string of the molecule is N#Cc1cc(Oc2ccc(NC(=O)Nc3cccc4c3COC(F)(F)O4)cc2Cl)ccn1. The Morgan fingerprint density at radius 2 is 2.06 bits per heavy atom. The Morgan fingerprint density at radius 3 is 2.84 bits per heavy atom. The van der Waals surface area contributed by atoms with Crippen LogP contribution in [0.25, 0.3) is 0 Å². The van der Waals surface area contributed by atoms with Gasteiger partial charge in [-0.05, 0) is 36.4 Å². The average Bonchev–Trinajstić information content (AvgIpc) is 2.75. The van der Waals surface area contributed by atoms with Gasteiger partial charge >= 0.3 is 12.3 Å². The van der Waals surface area contributed by atoms with Gasteiger partial charge in [0.05, 0.1) is 17.3 Å². The Bertz CT molecular complexity index is 1230. The van der Waals surface area contributed by atoms with Crippen LogP contribution >= 0.6 is 11.6 Å². The van der Waals surface area contributed by atoms with Gasteiger partial charge in [-0.15, -0.1) is 8.78 Å². The molecule has 2 aromatic carbocycles. The van der Waals surface area contributed by atoms with Gasteiger partial charge in [-0.25, -0.2) is 9.78 Å². The van der Waals surface area contributed by atoms with Crippen molar-refractivity contribution in [3.05, 3.63) is 71.0 Å². The number of amides is 2. The number of carbonyl (C=O) groups excluding carboxylic acids is 1. The Morgan fingerprint density at radius 1 is 1.22 bits per heavy atom. The average molecular weight is 459 g/mol. The Kier molecular flexibility index (Phi) is 5.77. The van der Waals surface area contributed by atoms with Gasteiger partial charge < -0.3 is 20.1 Å². The molecule has 162 valence electrons. The second kappa shape index (κ2) is 8.66. The topological polar surface area (TPSA) is 106 Å². The number of fused-ring (bicyclic) bond motifs is 1. The van der Waals surface area contributed by atoms with Crippen molar-refractivity contribution in [1.82, 2.24) is 4.98 Å². The highest BCUT2D eigenvalue weighted by atomic mass is 35.5. The number of halogens is 3. The minimum atomic E-state index is -3.72. The van der Waals surface area contributed by atoms with E-state index in [0.717, 1.165) is 0 Å². The predicted molar refractivity (Wildman–Crippen MR) is 110 cm³/mol. The standard InChI is InChI=1S/C21H13ClF2N4O4/c22-16-9-12(4-5-19(16)31-14-6-7-26-13(8-14)10-25)27-20(29)28-17-2-1-3-18-15(17)11-30-21(23,24)32-18/h1-9H,11H2,(H2,27,28,29). The number of urea groups is 1. The van der Waals surface area contributed by atoms with Crippen LogP contribution in [0.1, 0.15) is 11.3 Å². The normalized spacial score (nSPS) is 13.8. The number of nitriles is 1. The van der Waals surface area contributed by atoms with Crippen molar-refractivity contribution >= 4 is 29.0 Å². The molecule has 8 nitrogen and oxygen atoms in total. The van der Waals surface area contributed by atoms with Crippen LogP contribution in [-0.4, -0.2) is 17.3 Å². The molecule has 0 saturated carbocycles. The van der Waals surface area contributed by atoms with Crippen molar-refractivity contribution in [3.63, 3.8) is 0 Å². The maximum atomic E-state index is 13.2. The van der Waals surface area contributed by atoms with E-state index in [0.29, 0.717) is 17.2 Å². The highest BCUT2D eigenvalue weighted by molar-refractivity contribution is 6.32. The number of nitrogens with one attached hydrogen (secondary N) is 2. The van der Waals surface area contributed by atoms with Crippen LogP contribution in [0.4, 0.5) is 25.0 Å². The molecular formula is C21H13ClF2N4O4. The van der Waals surface area contributed by atoms with Crippen molar-refractivity contribution in [2.45, 2.75) is 12.9 Å². The molecule has 4 rings (SSSR count). The summed E-state index contributed by atoms with van der Waals surface area (Å²) in [6.07, 6.45) is -2.29. The maximum absolute atomic E-state index is 13.2. The summed E-state index contributed by atoms with van der Waals surface area (Å²) in [5, 5.41) is 14.3. The van der Waals surface area contributed by atoms with Crippen LogP contribution in [0.3, 0.4) is 0 Å². The molecular weight excluding hydrogens is 446 g/mol. The van der Waals surface area contributed by atoms with Crippen molar-refractivity contribution in [2.24, 2.45) is 0 Å². The monoisotopic (exact) mass is 458 g/mol. The number of anilines is 2. The molecule has 2 heterocycles. The van der Waals surface area contributed by atoms with E-state index in [4.69, 9.17) is 21.6 Å². The molecule has 0 aliphatic carbocycles. The van der Waals surface area contributed by atoms with E-state index in [9.17, 15) is 13.6 Å². The van der Waals surface area contributed by atoms with E-state index >= 15 is 0 Å². The second-order valence-electron chi connectivity index (χ2n) is 6.45. The van der Waals surface area contributed by atoms with Gasteiger partial charge in [-0.1, -0.05) is 17.7 Å². The first-order chi connectivity index (χ1) is 15.3. The molecule has 2 N–H and O–H groups in total. The molecule has 0 radical (unpaired) electrons. The van der Waals surface area contributed by atoms with Crippen molar-refractivity contribution in [1.29, 1.82) is 5.26 Å². The Balaban J connectivity index is 1.43. The van der Waals surface area contributed by atoms with Gasteiger partial charge in [0.25, 0.3) is 0 Å². The number of alkyl halides is 2. The predicted octanol–water partition coefficient (Wildman–Crippen LogP) is 5.50. The zero-order valence-corrected chi connectivity index (χ0v) is 16.8. The van der Waals surface area contributed by atoms with Gasteiger partial charge in [0, 0.05) is 23.5 Å². The van der Waals surface area contributed by atoms with Gasteiger partial charge in [-0.3, -0.25) is 4.74 Å². The quantitative estimate of drug-likeness (QED) is 0.534. The van der Waals surface area contributed by atoms with E-state index in [1.165, 1.54) is 36.5 Å². The molecule has 1 aliphatic heterocycles. The largest absolute Gasteiger partial charge is 0.535 e. The minimum Gasteiger partial charge on any atom is -0.456 e. The summed E-state index contributed by atoms with van der Waals surface area (Å²) in [7, 11) is 0. The third-order valence-corrected chi connectivity index (χ3v) is 4.55. The zero-order chi connectivity index (χ0) is 22.7. The molecule has 0 fully saturated rings. The smallest absolute Gasteiger partial charge is 0.456 e. The highest BCUT2D eigenvalue weighted by Gasteiger charge is 2.39. The summed E-state index contributed by atoms with van der Waals surface area (Å²) in [5.74, 6) is 0.597. The number of benzene rings is 2. The van der Waals surface area contributed by atoms with Crippen LogP contribution in [0.5, 0.6) is 17.2 Å². The summed E-state index contributed by atoms with van der Waals surface area (Å²) in [6.45, 7) is -0.431. The summed E-state index contributed by atoms with van der Waals surface area (Å²) in [4.78, 5) is 16.2. The number of carbonyl (C=O) groups is 1. The first-order valence-corrected chi connectivity index (χ1v) is 9.45. The third kappa shape index (κ3) is 4.85. The molecule has 1 aliphatic rings. The van der Waals surface area contributed by atoms with Crippen LogP contribution in [0.15, 0.2) is 54.7 Å². The summed E-state index contributed by atoms with van der Waals surface area (Å²) in [5.41, 5.74) is 1.09. The van der Waals surface area contributed by atoms with Crippen molar-refractivity contribution in [3.8, 4) is 23.3 Å². The first kappa shape index (κ1) is 21.3. The Labute approximate surface area is 185 Å². The molecule has 0 bridgehead atoms. The Hall–Kier alpha value is -3.94. The van der Waals surface area contributed by atoms with Gasteiger partial charge in [0.2, 0.25) is 0 Å². The van der Waals surface area contributed by atoms with E-state index in [-0.39, 0.29) is 27.7 Å². The van der Waals surface area contributed by atoms with E-state index in [1.54, 1.807) is 18.2 Å². The molecule has 32 heavy (non-hydrogen) atoms. The lowest BCUT2D eigenvalue weighted by molar-refractivity contribution is -0.367. The van der Waals surface area contributed by atoms with Crippen LogP contribution in [-0.2, 0) is 11.3 Å². The number of nitrogens with zero attached hydrogens (tertiary/aromatic N) is 2. The number of rotatable bonds is 4. The lowest BCUT2D eigenvalue weighted by Crippen LogP contribution is -2.33. The van der Waals surface area contributed by atoms with E-state index in [1.807, 2.05) is 6.07 Å². The number of hydrogen-bond donors (Lipinski definition) is 2. The molecule has 2 amide bonds. The van der Waals surface area contributed by atoms with Gasteiger partial charge in [0.1, 0.15) is 29.0 Å². The maximum Gasteiger partial charge on any atom is 0.535 e. The molecule has 0 spiro atoms. The second-order valence-corrected chi connectivity index (χ2v) is 6.86. The first-order valence-electron chi connectivity index (χ1n) is 9.07. The lowest BCUT2D eigenvalue weighted by Gasteiger charge is -2.26. The fourth-order valence-corrected chi connectivity index (χ4v) is 3.07. The molecule has 3 aromatic rings. The number of pyridine rings is 1. The minimum absolute atomic E-state index is 0.0840. The fraction of sp³-hybridized carbons (Fsp3) is 0.0952. The van der Waals surface area contributed by atoms with E-state index < -0.39 is 18.9 Å². The molecule has 0 unspecified atom stereocenters. The number of aromatic nitrogens is 1. The summed E-state index contributed by atoms with van der Waals surface area (Å²) < 4.78 is 40.9.